The molecule has 0 atom stereocenters. The van der Waals surface area contributed by atoms with E-state index in [4.69, 9.17) is 4.74 Å². The van der Waals surface area contributed by atoms with Crippen molar-refractivity contribution in [3.63, 3.8) is 0 Å². The van der Waals surface area contributed by atoms with Crippen LogP contribution in [0.15, 0.2) is 48.8 Å². The minimum absolute atomic E-state index is 0.230. The minimum atomic E-state index is -0.378. The Morgan fingerprint density at radius 3 is 2.50 bits per heavy atom. The van der Waals surface area contributed by atoms with Gasteiger partial charge in [-0.1, -0.05) is 0 Å². The smallest absolute Gasteiger partial charge is 0.338 e. The average molecular weight is 323 g/mol. The summed E-state index contributed by atoms with van der Waals surface area (Å²) >= 11 is 0. The maximum absolute atomic E-state index is 12.3. The molecule has 0 radical (unpaired) electrons. The summed E-state index contributed by atoms with van der Waals surface area (Å²) in [4.78, 5) is 28.3. The summed E-state index contributed by atoms with van der Waals surface area (Å²) in [5.41, 5.74) is 3.26. The standard InChI is InChI=1S/C18H17N3O3/c1-3-24-18(23)13-4-7-15(8-5-13)20-17(22)14-6-9-16-19-12(2)10-21(16)11-14/h4-11H,3H2,1-2H3,(H,20,22). The number of ether oxygens (including phenoxy) is 1. The number of nitrogens with one attached hydrogen (secondary N) is 1. The van der Waals surface area contributed by atoms with E-state index in [1.54, 1.807) is 49.5 Å². The topological polar surface area (TPSA) is 72.7 Å². The Morgan fingerprint density at radius 2 is 1.79 bits per heavy atom. The number of esters is 1. The van der Waals surface area contributed by atoms with Crippen LogP contribution >= 0.6 is 0 Å². The molecule has 0 fully saturated rings. The highest BCUT2D eigenvalue weighted by Crippen LogP contribution is 2.13. The molecule has 0 saturated heterocycles. The van der Waals surface area contributed by atoms with Crippen molar-refractivity contribution >= 4 is 23.2 Å². The van der Waals surface area contributed by atoms with Crippen molar-refractivity contribution in [1.29, 1.82) is 0 Å². The number of nitrogens with zero attached hydrogens (tertiary/aromatic N) is 2. The van der Waals surface area contributed by atoms with E-state index in [-0.39, 0.29) is 11.9 Å². The van der Waals surface area contributed by atoms with Crippen LogP contribution in [-0.4, -0.2) is 27.9 Å². The molecule has 0 spiro atoms. The Bertz CT molecular complexity index is 898. The number of fused-ring (bicyclic) bond motifs is 1. The molecule has 0 bridgehead atoms. The van der Waals surface area contributed by atoms with Crippen molar-refractivity contribution in [3.05, 3.63) is 65.6 Å². The molecule has 2 aromatic heterocycles. The average Bonchev–Trinajstić information content (AvgIpc) is 2.94. The van der Waals surface area contributed by atoms with E-state index in [0.29, 0.717) is 23.4 Å². The lowest BCUT2D eigenvalue weighted by molar-refractivity contribution is 0.0526. The first kappa shape index (κ1) is 15.7. The zero-order chi connectivity index (χ0) is 17.1. The summed E-state index contributed by atoms with van der Waals surface area (Å²) in [6.45, 7) is 3.98. The fraction of sp³-hybridized carbons (Fsp3) is 0.167. The van der Waals surface area contributed by atoms with E-state index < -0.39 is 0 Å². The zero-order valence-electron chi connectivity index (χ0n) is 13.4. The van der Waals surface area contributed by atoms with Crippen molar-refractivity contribution in [3.8, 4) is 0 Å². The Balaban J connectivity index is 1.74. The van der Waals surface area contributed by atoms with E-state index in [1.165, 1.54) is 0 Å². The normalized spacial score (nSPS) is 10.6. The molecule has 6 heteroatoms. The lowest BCUT2D eigenvalue weighted by Crippen LogP contribution is -2.13. The molecule has 0 aliphatic heterocycles. The first-order chi connectivity index (χ1) is 11.6. The molecule has 6 nitrogen and oxygen atoms in total. The molecule has 0 aliphatic rings. The van der Waals surface area contributed by atoms with Crippen LogP contribution in [0.25, 0.3) is 5.65 Å². The number of carbonyl (C=O) groups excluding carboxylic acids is 2. The van der Waals surface area contributed by atoms with Gasteiger partial charge >= 0.3 is 5.97 Å². The first-order valence-electron chi connectivity index (χ1n) is 7.60. The lowest BCUT2D eigenvalue weighted by atomic mass is 10.2. The second-order valence-electron chi connectivity index (χ2n) is 5.32. The van der Waals surface area contributed by atoms with Gasteiger partial charge in [-0.3, -0.25) is 4.79 Å². The van der Waals surface area contributed by atoms with Gasteiger partial charge in [-0.2, -0.15) is 0 Å². The molecule has 3 rings (SSSR count). The van der Waals surface area contributed by atoms with E-state index in [2.05, 4.69) is 10.3 Å². The quantitative estimate of drug-likeness (QED) is 0.749. The Hall–Kier alpha value is -3.15. The molecular weight excluding hydrogens is 306 g/mol. The number of aromatic nitrogens is 2. The summed E-state index contributed by atoms with van der Waals surface area (Å²) in [6.07, 6.45) is 3.60. The minimum Gasteiger partial charge on any atom is -0.462 e. The number of rotatable bonds is 4. The van der Waals surface area contributed by atoms with Gasteiger partial charge in [0.1, 0.15) is 5.65 Å². The molecule has 0 saturated carbocycles. The highest BCUT2D eigenvalue weighted by Gasteiger charge is 2.10. The maximum Gasteiger partial charge on any atom is 0.338 e. The largest absolute Gasteiger partial charge is 0.462 e. The molecule has 122 valence electrons. The van der Waals surface area contributed by atoms with Crippen molar-refractivity contribution in [2.24, 2.45) is 0 Å². The van der Waals surface area contributed by atoms with Crippen LogP contribution in [0.1, 0.15) is 33.3 Å². The van der Waals surface area contributed by atoms with Gasteiger partial charge in [-0.25, -0.2) is 9.78 Å². The number of carbonyl (C=O) groups is 2. The van der Waals surface area contributed by atoms with Gasteiger partial charge in [0.15, 0.2) is 0 Å². The number of anilines is 1. The van der Waals surface area contributed by atoms with Gasteiger partial charge in [-0.15, -0.1) is 0 Å². The van der Waals surface area contributed by atoms with E-state index in [1.807, 2.05) is 17.5 Å². The fourth-order valence-electron chi connectivity index (χ4n) is 2.36. The predicted octanol–water partition coefficient (Wildman–Crippen LogP) is 3.07. The summed E-state index contributed by atoms with van der Waals surface area (Å²) in [6, 6.07) is 10.1. The van der Waals surface area contributed by atoms with E-state index in [9.17, 15) is 9.59 Å². The van der Waals surface area contributed by atoms with E-state index in [0.717, 1.165) is 11.3 Å². The van der Waals surface area contributed by atoms with Crippen molar-refractivity contribution < 1.29 is 14.3 Å². The molecular formula is C18H17N3O3. The molecule has 1 N–H and O–H groups in total. The van der Waals surface area contributed by atoms with Crippen LogP contribution in [0.2, 0.25) is 0 Å². The third kappa shape index (κ3) is 3.27. The van der Waals surface area contributed by atoms with Gasteiger partial charge < -0.3 is 14.5 Å². The molecule has 1 aromatic carbocycles. The second-order valence-corrected chi connectivity index (χ2v) is 5.32. The van der Waals surface area contributed by atoms with Gasteiger partial charge in [0, 0.05) is 18.1 Å². The van der Waals surface area contributed by atoms with Crippen molar-refractivity contribution in [1.82, 2.24) is 9.38 Å². The number of benzene rings is 1. The third-order valence-electron chi connectivity index (χ3n) is 3.49. The van der Waals surface area contributed by atoms with Crippen LogP contribution in [0, 0.1) is 6.92 Å². The monoisotopic (exact) mass is 323 g/mol. The number of amides is 1. The molecule has 3 aromatic rings. The fourth-order valence-corrected chi connectivity index (χ4v) is 2.36. The summed E-state index contributed by atoms with van der Waals surface area (Å²) in [5.74, 6) is -0.608. The highest BCUT2D eigenvalue weighted by atomic mass is 16.5. The molecule has 24 heavy (non-hydrogen) atoms. The van der Waals surface area contributed by atoms with Gasteiger partial charge in [0.2, 0.25) is 0 Å². The van der Waals surface area contributed by atoms with Crippen LogP contribution in [0.5, 0.6) is 0 Å². The highest BCUT2D eigenvalue weighted by molar-refractivity contribution is 6.04. The molecule has 0 unspecified atom stereocenters. The van der Waals surface area contributed by atoms with E-state index >= 15 is 0 Å². The summed E-state index contributed by atoms with van der Waals surface area (Å²) in [5, 5.41) is 2.80. The third-order valence-corrected chi connectivity index (χ3v) is 3.49. The number of aryl methyl sites for hydroxylation is 1. The van der Waals surface area contributed by atoms with Gasteiger partial charge in [-0.05, 0) is 50.2 Å². The summed E-state index contributed by atoms with van der Waals surface area (Å²) < 4.78 is 6.74. The lowest BCUT2D eigenvalue weighted by Gasteiger charge is -2.07. The number of hydrogen-bond donors (Lipinski definition) is 1. The maximum atomic E-state index is 12.3. The zero-order valence-corrected chi connectivity index (χ0v) is 13.4. The van der Waals surface area contributed by atoms with Gasteiger partial charge in [0.05, 0.1) is 23.4 Å². The Kier molecular flexibility index (Phi) is 4.29. The van der Waals surface area contributed by atoms with Crippen LogP contribution in [0.3, 0.4) is 0 Å². The Labute approximate surface area is 139 Å². The number of pyridine rings is 1. The SMILES string of the molecule is CCOC(=O)c1ccc(NC(=O)c2ccc3nc(C)cn3c2)cc1. The van der Waals surface area contributed by atoms with Crippen molar-refractivity contribution in [2.75, 3.05) is 11.9 Å². The van der Waals surface area contributed by atoms with Crippen molar-refractivity contribution in [2.45, 2.75) is 13.8 Å². The van der Waals surface area contributed by atoms with Gasteiger partial charge in [0.25, 0.3) is 5.91 Å². The molecule has 1 amide bonds. The number of hydrogen-bond acceptors (Lipinski definition) is 4. The number of imidazole rings is 1. The van der Waals surface area contributed by atoms with Crippen LogP contribution in [-0.2, 0) is 4.74 Å². The second kappa shape index (κ2) is 6.54. The van der Waals surface area contributed by atoms with Crippen LogP contribution in [0.4, 0.5) is 5.69 Å². The first-order valence-corrected chi connectivity index (χ1v) is 7.60. The predicted molar refractivity (Wildman–Crippen MR) is 90.3 cm³/mol. The van der Waals surface area contributed by atoms with Crippen LogP contribution < -0.4 is 5.32 Å². The molecule has 0 aliphatic carbocycles. The Morgan fingerprint density at radius 1 is 1.08 bits per heavy atom. The molecule has 2 heterocycles. The summed E-state index contributed by atoms with van der Waals surface area (Å²) in [7, 11) is 0.